The molecule has 3 rings (SSSR count). The Bertz CT molecular complexity index is 464. The van der Waals surface area contributed by atoms with Crippen molar-refractivity contribution in [2.45, 2.75) is 19.3 Å². The fraction of sp³-hybridized carbons (Fsp3) is 0.462. The first-order chi connectivity index (χ1) is 8.13. The summed E-state index contributed by atoms with van der Waals surface area (Å²) in [6.07, 6.45) is 3.47. The molecule has 90 valence electrons. The first-order valence-corrected chi connectivity index (χ1v) is 6.78. The van der Waals surface area contributed by atoms with Crippen molar-refractivity contribution >= 4 is 33.2 Å². The molecule has 1 aromatic rings. The molecule has 0 spiro atoms. The molecule has 2 unspecified atom stereocenters. The predicted molar refractivity (Wildman–Crippen MR) is 71.5 cm³/mol. The maximum atomic E-state index is 12.1. The number of hydrogen-bond acceptors (Lipinski definition) is 2. The Morgan fingerprint density at radius 2 is 2.00 bits per heavy atom. The van der Waals surface area contributed by atoms with Crippen LogP contribution in [0.15, 0.2) is 22.7 Å². The van der Waals surface area contributed by atoms with Crippen molar-refractivity contribution in [3.63, 3.8) is 0 Å². The third kappa shape index (κ3) is 2.18. The second-order valence-electron chi connectivity index (χ2n) is 5.15. The number of halogens is 1. The Hall–Kier alpha value is -1.03. The second kappa shape index (κ2) is 4.02. The molecule has 0 bridgehead atoms. The largest absolute Gasteiger partial charge is 0.399 e. The number of carbonyl (C=O) groups excluding carboxylic acids is 1. The minimum absolute atomic E-state index is 0.142. The second-order valence-corrected chi connectivity index (χ2v) is 6.01. The van der Waals surface area contributed by atoms with Gasteiger partial charge in [0.2, 0.25) is 5.91 Å². The van der Waals surface area contributed by atoms with Crippen LogP contribution in [0.2, 0.25) is 0 Å². The molecule has 2 aliphatic rings. The van der Waals surface area contributed by atoms with E-state index in [1.165, 1.54) is 6.42 Å². The van der Waals surface area contributed by atoms with E-state index in [1.807, 2.05) is 12.1 Å². The number of amides is 1. The Kier molecular flexibility index (Phi) is 2.62. The molecule has 2 aliphatic carbocycles. The lowest BCUT2D eigenvalue weighted by molar-refractivity contribution is -0.120. The summed E-state index contributed by atoms with van der Waals surface area (Å²) >= 11 is 3.42. The highest BCUT2D eigenvalue weighted by atomic mass is 79.9. The molecular weight excluding hydrogens is 280 g/mol. The average Bonchev–Trinajstić information content (AvgIpc) is 2.91. The lowest BCUT2D eigenvalue weighted by Gasteiger charge is -2.13. The smallest absolute Gasteiger partial charge is 0.227 e. The first-order valence-electron chi connectivity index (χ1n) is 5.99. The molecule has 1 aromatic carbocycles. The van der Waals surface area contributed by atoms with E-state index in [9.17, 15) is 4.79 Å². The Morgan fingerprint density at radius 1 is 1.29 bits per heavy atom. The summed E-state index contributed by atoms with van der Waals surface area (Å²) in [5.74, 6) is 2.00. The molecule has 0 saturated heterocycles. The van der Waals surface area contributed by atoms with Gasteiger partial charge in [0.05, 0.1) is 5.69 Å². The van der Waals surface area contributed by atoms with E-state index < -0.39 is 0 Å². The number of benzene rings is 1. The third-order valence-corrected chi connectivity index (χ3v) is 4.55. The van der Waals surface area contributed by atoms with Crippen molar-refractivity contribution in [2.24, 2.45) is 17.8 Å². The number of rotatable bonds is 2. The van der Waals surface area contributed by atoms with Crippen LogP contribution in [-0.4, -0.2) is 5.91 Å². The minimum Gasteiger partial charge on any atom is -0.399 e. The summed E-state index contributed by atoms with van der Waals surface area (Å²) in [4.78, 5) is 12.1. The summed E-state index contributed by atoms with van der Waals surface area (Å²) in [5.41, 5.74) is 7.15. The van der Waals surface area contributed by atoms with E-state index in [4.69, 9.17) is 5.73 Å². The van der Waals surface area contributed by atoms with Gasteiger partial charge in [-0.15, -0.1) is 0 Å². The number of nitrogens with one attached hydrogen (secondary N) is 1. The van der Waals surface area contributed by atoms with Gasteiger partial charge < -0.3 is 11.1 Å². The quantitative estimate of drug-likeness (QED) is 0.824. The van der Waals surface area contributed by atoms with Crippen LogP contribution < -0.4 is 11.1 Å². The SMILES string of the molecule is Nc1ccc(Br)c(NC(=O)C2CC3CC3C2)c1. The van der Waals surface area contributed by atoms with E-state index in [2.05, 4.69) is 21.2 Å². The van der Waals surface area contributed by atoms with Gasteiger partial charge in [0.25, 0.3) is 0 Å². The number of anilines is 2. The van der Waals surface area contributed by atoms with Gasteiger partial charge in [-0.3, -0.25) is 4.79 Å². The van der Waals surface area contributed by atoms with Gasteiger partial charge in [0.15, 0.2) is 0 Å². The van der Waals surface area contributed by atoms with Crippen molar-refractivity contribution in [3.05, 3.63) is 22.7 Å². The van der Waals surface area contributed by atoms with Crippen LogP contribution in [0.3, 0.4) is 0 Å². The molecule has 4 heteroatoms. The van der Waals surface area contributed by atoms with Crippen LogP contribution in [0.4, 0.5) is 11.4 Å². The van der Waals surface area contributed by atoms with E-state index in [-0.39, 0.29) is 11.8 Å². The van der Waals surface area contributed by atoms with Gasteiger partial charge in [-0.25, -0.2) is 0 Å². The van der Waals surface area contributed by atoms with Crippen molar-refractivity contribution in [1.82, 2.24) is 0 Å². The number of hydrogen-bond donors (Lipinski definition) is 2. The van der Waals surface area contributed by atoms with Crippen LogP contribution in [0, 0.1) is 17.8 Å². The molecule has 0 aromatic heterocycles. The van der Waals surface area contributed by atoms with Gasteiger partial charge in [-0.1, -0.05) is 0 Å². The van der Waals surface area contributed by atoms with E-state index in [0.29, 0.717) is 5.69 Å². The third-order valence-electron chi connectivity index (χ3n) is 3.86. The zero-order valence-electron chi connectivity index (χ0n) is 9.45. The predicted octanol–water partition coefficient (Wildman–Crippen LogP) is 3.02. The first kappa shape index (κ1) is 11.1. The fourth-order valence-corrected chi connectivity index (χ4v) is 3.15. The zero-order valence-corrected chi connectivity index (χ0v) is 11.0. The van der Waals surface area contributed by atoms with Crippen molar-refractivity contribution in [3.8, 4) is 0 Å². The van der Waals surface area contributed by atoms with Gasteiger partial charge in [-0.2, -0.15) is 0 Å². The van der Waals surface area contributed by atoms with Crippen LogP contribution in [0.5, 0.6) is 0 Å². The molecule has 3 nitrogen and oxygen atoms in total. The molecule has 2 saturated carbocycles. The van der Waals surface area contributed by atoms with Gasteiger partial charge in [0.1, 0.15) is 0 Å². The van der Waals surface area contributed by atoms with Crippen molar-refractivity contribution in [1.29, 1.82) is 0 Å². The molecule has 3 N–H and O–H groups in total. The summed E-state index contributed by atoms with van der Waals surface area (Å²) in [5, 5.41) is 2.97. The molecule has 2 atom stereocenters. The van der Waals surface area contributed by atoms with Crippen LogP contribution >= 0.6 is 15.9 Å². The summed E-state index contributed by atoms with van der Waals surface area (Å²) in [7, 11) is 0. The topological polar surface area (TPSA) is 55.1 Å². The Morgan fingerprint density at radius 3 is 2.71 bits per heavy atom. The van der Waals surface area contributed by atoms with Crippen LogP contribution in [0.25, 0.3) is 0 Å². The zero-order chi connectivity index (χ0) is 12.0. The van der Waals surface area contributed by atoms with E-state index >= 15 is 0 Å². The number of nitrogens with two attached hydrogens (primary N) is 1. The number of fused-ring (bicyclic) bond motifs is 1. The van der Waals surface area contributed by atoms with Crippen molar-refractivity contribution < 1.29 is 4.79 Å². The molecule has 17 heavy (non-hydrogen) atoms. The van der Waals surface area contributed by atoms with Crippen molar-refractivity contribution in [2.75, 3.05) is 11.1 Å². The molecule has 2 fully saturated rings. The summed E-state index contributed by atoms with van der Waals surface area (Å²) < 4.78 is 0.878. The summed E-state index contributed by atoms with van der Waals surface area (Å²) in [6.45, 7) is 0. The molecule has 0 heterocycles. The summed E-state index contributed by atoms with van der Waals surface area (Å²) in [6, 6.07) is 5.46. The van der Waals surface area contributed by atoms with Crippen LogP contribution in [0.1, 0.15) is 19.3 Å². The maximum absolute atomic E-state index is 12.1. The number of carbonyl (C=O) groups is 1. The number of nitrogen functional groups attached to an aromatic ring is 1. The monoisotopic (exact) mass is 294 g/mol. The highest BCUT2D eigenvalue weighted by Crippen LogP contribution is 2.54. The normalized spacial score (nSPS) is 29.8. The molecule has 0 radical (unpaired) electrons. The Balaban J connectivity index is 1.69. The lowest BCUT2D eigenvalue weighted by atomic mass is 10.0. The van der Waals surface area contributed by atoms with E-state index in [1.54, 1.807) is 6.07 Å². The van der Waals surface area contributed by atoms with E-state index in [0.717, 1.165) is 34.8 Å². The molecular formula is C13H15BrN2O. The Labute approximate surface area is 109 Å². The minimum atomic E-state index is 0.142. The maximum Gasteiger partial charge on any atom is 0.227 e. The van der Waals surface area contributed by atoms with Gasteiger partial charge in [0, 0.05) is 16.1 Å². The lowest BCUT2D eigenvalue weighted by Crippen LogP contribution is -2.21. The standard InChI is InChI=1S/C13H15BrN2O/c14-11-2-1-10(15)6-12(11)16-13(17)9-4-7-3-8(7)5-9/h1-2,6-9H,3-5,15H2,(H,16,17). The van der Waals surface area contributed by atoms with Gasteiger partial charge in [-0.05, 0) is 65.2 Å². The van der Waals surface area contributed by atoms with Gasteiger partial charge >= 0.3 is 0 Å². The highest BCUT2D eigenvalue weighted by molar-refractivity contribution is 9.10. The molecule has 1 amide bonds. The average molecular weight is 295 g/mol. The molecule has 0 aliphatic heterocycles. The fourth-order valence-electron chi connectivity index (χ4n) is 2.80. The highest BCUT2D eigenvalue weighted by Gasteiger charge is 2.47. The van der Waals surface area contributed by atoms with Crippen LogP contribution in [-0.2, 0) is 4.79 Å².